The molecule has 0 spiro atoms. The molecule has 26 heavy (non-hydrogen) atoms. The minimum Gasteiger partial charge on any atom is -0.372 e. The van der Waals surface area contributed by atoms with E-state index in [1.165, 1.54) is 17.0 Å². The number of carbonyl (C=O) groups is 1. The second-order valence-electron chi connectivity index (χ2n) is 5.90. The molecular weight excluding hydrogens is 342 g/mol. The van der Waals surface area contributed by atoms with Crippen molar-refractivity contribution in [2.24, 2.45) is 0 Å². The van der Waals surface area contributed by atoms with Gasteiger partial charge in [-0.05, 0) is 55.1 Å². The van der Waals surface area contributed by atoms with Gasteiger partial charge in [0.25, 0.3) is 5.91 Å². The van der Waals surface area contributed by atoms with Gasteiger partial charge < -0.3 is 4.90 Å². The van der Waals surface area contributed by atoms with E-state index in [2.05, 4.69) is 48.0 Å². The van der Waals surface area contributed by atoms with Gasteiger partial charge in [0.1, 0.15) is 5.82 Å². The number of amides is 1. The molecule has 0 radical (unpaired) electrons. The molecule has 134 valence electrons. The largest absolute Gasteiger partial charge is 0.372 e. The molecule has 0 aliphatic heterocycles. The lowest BCUT2D eigenvalue weighted by Crippen LogP contribution is -2.30. The van der Waals surface area contributed by atoms with Gasteiger partial charge in [0.2, 0.25) is 0 Å². The predicted molar refractivity (Wildman–Crippen MR) is 109 cm³/mol. The molecule has 0 bridgehead atoms. The Morgan fingerprint density at radius 2 is 1.77 bits per heavy atom. The number of thiophene rings is 1. The monoisotopic (exact) mass is 365 g/mol. The first-order valence-corrected chi connectivity index (χ1v) is 9.71. The molecule has 5 heteroatoms. The van der Waals surface area contributed by atoms with Crippen LogP contribution < -0.4 is 9.80 Å². The van der Waals surface area contributed by atoms with Gasteiger partial charge in [0.15, 0.2) is 0 Å². The van der Waals surface area contributed by atoms with Crippen molar-refractivity contribution in [1.82, 2.24) is 4.98 Å². The van der Waals surface area contributed by atoms with Crippen LogP contribution in [0.25, 0.3) is 0 Å². The summed E-state index contributed by atoms with van der Waals surface area (Å²) in [6.45, 7) is 6.76. The molecule has 0 N–H and O–H groups in total. The van der Waals surface area contributed by atoms with Crippen molar-refractivity contribution in [3.63, 3.8) is 0 Å². The molecule has 3 aromatic rings. The second kappa shape index (κ2) is 8.63. The average Bonchev–Trinajstić information content (AvgIpc) is 3.23. The third-order valence-electron chi connectivity index (χ3n) is 4.31. The molecule has 0 saturated carbocycles. The van der Waals surface area contributed by atoms with E-state index in [-0.39, 0.29) is 5.91 Å². The van der Waals surface area contributed by atoms with Crippen LogP contribution in [0, 0.1) is 0 Å². The summed E-state index contributed by atoms with van der Waals surface area (Å²) in [6, 6.07) is 17.8. The Bertz CT molecular complexity index is 812. The Hall–Kier alpha value is -2.66. The number of benzene rings is 1. The van der Waals surface area contributed by atoms with E-state index in [4.69, 9.17) is 0 Å². The summed E-state index contributed by atoms with van der Waals surface area (Å²) in [5, 5.41) is 1.92. The zero-order valence-corrected chi connectivity index (χ0v) is 15.9. The van der Waals surface area contributed by atoms with E-state index >= 15 is 0 Å². The number of hydrogen-bond acceptors (Lipinski definition) is 4. The normalized spacial score (nSPS) is 10.5. The van der Waals surface area contributed by atoms with Gasteiger partial charge >= 0.3 is 0 Å². The van der Waals surface area contributed by atoms with Crippen LogP contribution in [0.5, 0.6) is 0 Å². The van der Waals surface area contributed by atoms with Crippen LogP contribution >= 0.6 is 11.3 Å². The summed E-state index contributed by atoms with van der Waals surface area (Å²) in [6.07, 6.45) is 1.72. The van der Waals surface area contributed by atoms with Crippen LogP contribution in [-0.2, 0) is 6.54 Å². The lowest BCUT2D eigenvalue weighted by Gasteiger charge is -2.23. The Balaban J connectivity index is 1.85. The van der Waals surface area contributed by atoms with Crippen LogP contribution in [-0.4, -0.2) is 24.0 Å². The highest BCUT2D eigenvalue weighted by Crippen LogP contribution is 2.22. The van der Waals surface area contributed by atoms with Crippen molar-refractivity contribution in [2.45, 2.75) is 20.4 Å². The molecule has 4 nitrogen and oxygen atoms in total. The molecule has 1 amide bonds. The summed E-state index contributed by atoms with van der Waals surface area (Å²) in [5.41, 5.74) is 2.28. The average molecular weight is 366 g/mol. The van der Waals surface area contributed by atoms with E-state index in [9.17, 15) is 4.79 Å². The summed E-state index contributed by atoms with van der Waals surface area (Å²) in [5.74, 6) is 0.644. The number of carbonyl (C=O) groups excluding carboxylic acids is 1. The Kier molecular flexibility index (Phi) is 6.02. The lowest BCUT2D eigenvalue weighted by atomic mass is 10.1. The minimum atomic E-state index is -0.0217. The van der Waals surface area contributed by atoms with Crippen LogP contribution in [0.15, 0.2) is 66.2 Å². The molecule has 0 aliphatic rings. The van der Waals surface area contributed by atoms with Gasteiger partial charge in [-0.2, -0.15) is 0 Å². The molecule has 0 fully saturated rings. The third kappa shape index (κ3) is 4.11. The number of nitrogens with zero attached hydrogens (tertiary/aromatic N) is 3. The van der Waals surface area contributed by atoms with Crippen LogP contribution in [0.2, 0.25) is 0 Å². The second-order valence-corrected chi connectivity index (χ2v) is 6.84. The minimum absolute atomic E-state index is 0.0217. The highest BCUT2D eigenvalue weighted by molar-refractivity contribution is 7.12. The van der Waals surface area contributed by atoms with E-state index in [1.54, 1.807) is 11.1 Å². The number of aromatic nitrogens is 1. The summed E-state index contributed by atoms with van der Waals surface area (Å²) >= 11 is 1.45. The summed E-state index contributed by atoms with van der Waals surface area (Å²) < 4.78 is 0. The third-order valence-corrected chi connectivity index (χ3v) is 5.17. The zero-order valence-electron chi connectivity index (χ0n) is 15.1. The van der Waals surface area contributed by atoms with Crippen molar-refractivity contribution in [1.29, 1.82) is 0 Å². The zero-order chi connectivity index (χ0) is 18.4. The predicted octanol–water partition coefficient (Wildman–Crippen LogP) is 4.84. The van der Waals surface area contributed by atoms with Crippen molar-refractivity contribution < 1.29 is 4.79 Å². The van der Waals surface area contributed by atoms with E-state index in [0.717, 1.165) is 23.5 Å². The van der Waals surface area contributed by atoms with Gasteiger partial charge in [-0.15, -0.1) is 11.3 Å². The van der Waals surface area contributed by atoms with Gasteiger partial charge in [-0.3, -0.25) is 9.69 Å². The van der Waals surface area contributed by atoms with Gasteiger partial charge in [0.05, 0.1) is 11.4 Å². The van der Waals surface area contributed by atoms with E-state index < -0.39 is 0 Å². The van der Waals surface area contributed by atoms with Gasteiger partial charge in [-0.25, -0.2) is 4.98 Å². The fourth-order valence-electron chi connectivity index (χ4n) is 2.89. The SMILES string of the molecule is CCN(CC)c1ccc(CN(C(=O)c2cccs2)c2ccccn2)cc1. The molecular formula is C21H23N3OS. The molecule has 0 atom stereocenters. The maximum atomic E-state index is 13.0. The van der Waals surface area contributed by atoms with Gasteiger partial charge in [0, 0.05) is 25.0 Å². The van der Waals surface area contributed by atoms with Crippen LogP contribution in [0.4, 0.5) is 11.5 Å². The molecule has 0 aliphatic carbocycles. The van der Waals surface area contributed by atoms with Crippen molar-refractivity contribution >= 4 is 28.7 Å². The number of rotatable bonds is 7. The first-order valence-electron chi connectivity index (χ1n) is 8.83. The Morgan fingerprint density at radius 1 is 1.00 bits per heavy atom. The Morgan fingerprint density at radius 3 is 2.35 bits per heavy atom. The van der Waals surface area contributed by atoms with Crippen molar-refractivity contribution in [2.75, 3.05) is 22.9 Å². The fourth-order valence-corrected chi connectivity index (χ4v) is 3.56. The molecule has 3 rings (SSSR count). The van der Waals surface area contributed by atoms with Crippen LogP contribution in [0.3, 0.4) is 0 Å². The Labute approximate surface area is 158 Å². The first-order chi connectivity index (χ1) is 12.7. The molecule has 1 aromatic carbocycles. The maximum Gasteiger partial charge on any atom is 0.269 e. The van der Waals surface area contributed by atoms with Crippen molar-refractivity contribution in [3.05, 3.63) is 76.6 Å². The number of anilines is 2. The fraction of sp³-hybridized carbons (Fsp3) is 0.238. The van der Waals surface area contributed by atoms with E-state index in [1.807, 2.05) is 35.7 Å². The summed E-state index contributed by atoms with van der Waals surface area (Å²) in [7, 11) is 0. The van der Waals surface area contributed by atoms with E-state index in [0.29, 0.717) is 12.4 Å². The smallest absolute Gasteiger partial charge is 0.269 e. The summed E-state index contributed by atoms with van der Waals surface area (Å²) in [4.78, 5) is 22.1. The number of hydrogen-bond donors (Lipinski definition) is 0. The quantitative estimate of drug-likeness (QED) is 0.601. The molecule has 0 saturated heterocycles. The lowest BCUT2D eigenvalue weighted by molar-refractivity contribution is 0.0988. The molecule has 2 heterocycles. The van der Waals surface area contributed by atoms with Crippen molar-refractivity contribution in [3.8, 4) is 0 Å². The molecule has 0 unspecified atom stereocenters. The van der Waals surface area contributed by atoms with Gasteiger partial charge in [-0.1, -0.05) is 24.3 Å². The first kappa shape index (κ1) is 18.1. The highest BCUT2D eigenvalue weighted by atomic mass is 32.1. The molecule has 2 aromatic heterocycles. The topological polar surface area (TPSA) is 36.4 Å². The van der Waals surface area contributed by atoms with Crippen LogP contribution in [0.1, 0.15) is 29.1 Å². The number of pyridine rings is 1. The maximum absolute atomic E-state index is 13.0. The standard InChI is InChI=1S/C21H23N3OS/c1-3-23(4-2)18-12-10-17(11-13-18)16-24(20-9-5-6-14-22-20)21(25)19-8-7-15-26-19/h5-15H,3-4,16H2,1-2H3. The highest BCUT2D eigenvalue weighted by Gasteiger charge is 2.20.